The molecule has 0 aliphatic heterocycles. The number of nitrogens with two attached hydrogens (primary N) is 1. The lowest BCUT2D eigenvalue weighted by Crippen LogP contribution is -2.24. The van der Waals surface area contributed by atoms with Crippen molar-refractivity contribution in [1.29, 1.82) is 0 Å². The van der Waals surface area contributed by atoms with E-state index in [9.17, 15) is 17.6 Å². The minimum Gasteiger partial charge on any atom is -0.465 e. The molecule has 3 N–H and O–H groups in total. The minimum absolute atomic E-state index is 0.0704. The zero-order valence-corrected chi connectivity index (χ0v) is 10.5. The quantitative estimate of drug-likeness (QED) is 0.609. The largest absolute Gasteiger partial charge is 0.465 e. The monoisotopic (exact) mass is 276 g/mol. The summed E-state index contributed by atoms with van der Waals surface area (Å²) in [5.41, 5.74) is 5.30. The second kappa shape index (κ2) is 5.67. The number of ether oxygens (including phenoxy) is 1. The highest BCUT2D eigenvalue weighted by atomic mass is 32.2. The first-order chi connectivity index (χ1) is 8.34. The van der Waals surface area contributed by atoms with Gasteiger partial charge in [-0.2, -0.15) is 0 Å². The van der Waals surface area contributed by atoms with Gasteiger partial charge in [0.15, 0.2) is 5.75 Å². The SMILES string of the molecule is CCOC(=O)CS(=O)(=O)Nc1cc(N)ccc1F. The van der Waals surface area contributed by atoms with Crippen molar-refractivity contribution in [1.82, 2.24) is 0 Å². The predicted molar refractivity (Wildman–Crippen MR) is 64.9 cm³/mol. The van der Waals surface area contributed by atoms with Crippen LogP contribution < -0.4 is 10.5 Å². The average molecular weight is 276 g/mol. The number of esters is 1. The topological polar surface area (TPSA) is 98.5 Å². The maximum Gasteiger partial charge on any atom is 0.323 e. The van der Waals surface area contributed by atoms with Crippen LogP contribution in [0.2, 0.25) is 0 Å². The molecular weight excluding hydrogens is 263 g/mol. The Morgan fingerprint density at radius 3 is 2.78 bits per heavy atom. The zero-order chi connectivity index (χ0) is 13.8. The molecule has 1 rings (SSSR count). The van der Waals surface area contributed by atoms with E-state index in [-0.39, 0.29) is 18.0 Å². The third-order valence-electron chi connectivity index (χ3n) is 1.87. The number of carbonyl (C=O) groups is 1. The average Bonchev–Trinajstić information content (AvgIpc) is 2.22. The molecule has 0 aliphatic carbocycles. The van der Waals surface area contributed by atoms with E-state index < -0.39 is 27.6 Å². The number of sulfonamides is 1. The molecule has 0 amide bonds. The van der Waals surface area contributed by atoms with Gasteiger partial charge in [0.2, 0.25) is 10.0 Å². The van der Waals surface area contributed by atoms with Crippen molar-refractivity contribution in [3.63, 3.8) is 0 Å². The lowest BCUT2D eigenvalue weighted by molar-refractivity contribution is -0.139. The van der Waals surface area contributed by atoms with Gasteiger partial charge in [0.05, 0.1) is 12.3 Å². The lowest BCUT2D eigenvalue weighted by atomic mass is 10.3. The van der Waals surface area contributed by atoms with Crippen molar-refractivity contribution in [2.24, 2.45) is 0 Å². The van der Waals surface area contributed by atoms with E-state index in [0.717, 1.165) is 12.1 Å². The summed E-state index contributed by atoms with van der Waals surface area (Å²) in [4.78, 5) is 11.0. The number of rotatable bonds is 5. The van der Waals surface area contributed by atoms with Gasteiger partial charge >= 0.3 is 5.97 Å². The second-order valence-electron chi connectivity index (χ2n) is 3.41. The smallest absolute Gasteiger partial charge is 0.323 e. The molecule has 8 heteroatoms. The Balaban J connectivity index is 2.82. The van der Waals surface area contributed by atoms with E-state index in [2.05, 4.69) is 4.74 Å². The van der Waals surface area contributed by atoms with Crippen LogP contribution in [0.1, 0.15) is 6.92 Å². The van der Waals surface area contributed by atoms with Gasteiger partial charge in [-0.3, -0.25) is 9.52 Å². The van der Waals surface area contributed by atoms with Gasteiger partial charge < -0.3 is 10.5 Å². The molecule has 0 atom stereocenters. The van der Waals surface area contributed by atoms with Crippen molar-refractivity contribution in [3.05, 3.63) is 24.0 Å². The van der Waals surface area contributed by atoms with Gasteiger partial charge in [-0.15, -0.1) is 0 Å². The number of nitrogens with one attached hydrogen (secondary N) is 1. The first kappa shape index (κ1) is 14.2. The number of anilines is 2. The molecule has 0 saturated carbocycles. The van der Waals surface area contributed by atoms with Gasteiger partial charge in [-0.05, 0) is 25.1 Å². The highest BCUT2D eigenvalue weighted by Gasteiger charge is 2.19. The Kier molecular flexibility index (Phi) is 4.49. The van der Waals surface area contributed by atoms with Crippen LogP contribution in [0.25, 0.3) is 0 Å². The maximum absolute atomic E-state index is 13.3. The number of halogens is 1. The molecular formula is C10H13FN2O4S. The van der Waals surface area contributed by atoms with Crippen LogP contribution in [-0.2, 0) is 19.6 Å². The van der Waals surface area contributed by atoms with Crippen molar-refractivity contribution in [2.45, 2.75) is 6.92 Å². The molecule has 0 radical (unpaired) electrons. The van der Waals surface area contributed by atoms with Crippen molar-refractivity contribution >= 4 is 27.4 Å². The molecule has 6 nitrogen and oxygen atoms in total. The van der Waals surface area contributed by atoms with Crippen LogP contribution in [-0.4, -0.2) is 26.7 Å². The fraction of sp³-hybridized carbons (Fsp3) is 0.300. The third kappa shape index (κ3) is 4.21. The molecule has 0 unspecified atom stereocenters. The number of nitrogen functional groups attached to an aromatic ring is 1. The Bertz CT molecular complexity index is 545. The standard InChI is InChI=1S/C10H13FN2O4S/c1-2-17-10(14)6-18(15,16)13-9-5-7(12)3-4-8(9)11/h3-5,13H,2,6,12H2,1H3. The van der Waals surface area contributed by atoms with Gasteiger partial charge in [0.1, 0.15) is 5.82 Å². The summed E-state index contributed by atoms with van der Waals surface area (Å²) in [6.45, 7) is 1.62. The molecule has 0 aliphatic rings. The van der Waals surface area contributed by atoms with E-state index in [0.29, 0.717) is 0 Å². The van der Waals surface area contributed by atoms with Crippen LogP contribution in [0.15, 0.2) is 18.2 Å². The summed E-state index contributed by atoms with van der Waals surface area (Å²) < 4.78 is 42.8. The van der Waals surface area contributed by atoms with E-state index in [1.807, 2.05) is 4.72 Å². The normalized spacial score (nSPS) is 11.0. The number of hydrogen-bond donors (Lipinski definition) is 2. The van der Waals surface area contributed by atoms with Gasteiger partial charge in [-0.25, -0.2) is 12.8 Å². The van der Waals surface area contributed by atoms with E-state index in [1.54, 1.807) is 6.92 Å². The minimum atomic E-state index is -4.02. The highest BCUT2D eigenvalue weighted by Crippen LogP contribution is 2.18. The van der Waals surface area contributed by atoms with Crippen LogP contribution in [0, 0.1) is 5.82 Å². The zero-order valence-electron chi connectivity index (χ0n) is 9.64. The first-order valence-corrected chi connectivity index (χ1v) is 6.70. The Hall–Kier alpha value is -1.83. The van der Waals surface area contributed by atoms with Crippen molar-refractivity contribution in [3.8, 4) is 0 Å². The molecule has 0 saturated heterocycles. The predicted octanol–water partition coefficient (Wildman–Crippen LogP) is 0.713. The van der Waals surface area contributed by atoms with Gasteiger partial charge in [0, 0.05) is 5.69 Å². The second-order valence-corrected chi connectivity index (χ2v) is 5.13. The molecule has 18 heavy (non-hydrogen) atoms. The molecule has 0 heterocycles. The Morgan fingerprint density at radius 1 is 1.50 bits per heavy atom. The lowest BCUT2D eigenvalue weighted by Gasteiger charge is -2.09. The van der Waals surface area contributed by atoms with E-state index >= 15 is 0 Å². The molecule has 100 valence electrons. The van der Waals surface area contributed by atoms with Crippen LogP contribution in [0.5, 0.6) is 0 Å². The van der Waals surface area contributed by atoms with Crippen molar-refractivity contribution in [2.75, 3.05) is 22.8 Å². The van der Waals surface area contributed by atoms with Crippen LogP contribution in [0.3, 0.4) is 0 Å². The fourth-order valence-electron chi connectivity index (χ4n) is 1.18. The molecule has 0 aromatic heterocycles. The molecule has 1 aromatic rings. The summed E-state index contributed by atoms with van der Waals surface area (Å²) in [7, 11) is -4.02. The number of hydrogen-bond acceptors (Lipinski definition) is 5. The summed E-state index contributed by atoms with van der Waals surface area (Å²) >= 11 is 0. The maximum atomic E-state index is 13.3. The third-order valence-corrected chi connectivity index (χ3v) is 3.02. The summed E-state index contributed by atoms with van der Waals surface area (Å²) in [6, 6.07) is 3.44. The van der Waals surface area contributed by atoms with Crippen LogP contribution >= 0.6 is 0 Å². The van der Waals surface area contributed by atoms with Crippen LogP contribution in [0.4, 0.5) is 15.8 Å². The molecule has 1 aromatic carbocycles. The molecule has 0 fully saturated rings. The molecule has 0 spiro atoms. The fourth-order valence-corrected chi connectivity index (χ4v) is 2.14. The van der Waals surface area contributed by atoms with E-state index in [1.165, 1.54) is 6.07 Å². The summed E-state index contributed by atoms with van der Waals surface area (Å²) in [6.07, 6.45) is 0. The summed E-state index contributed by atoms with van der Waals surface area (Å²) in [5.74, 6) is -2.57. The van der Waals surface area contributed by atoms with Gasteiger partial charge in [-0.1, -0.05) is 0 Å². The van der Waals surface area contributed by atoms with Gasteiger partial charge in [0.25, 0.3) is 0 Å². The van der Waals surface area contributed by atoms with Crippen molar-refractivity contribution < 1.29 is 22.3 Å². The number of benzene rings is 1. The Labute approximate surface area is 104 Å². The number of carbonyl (C=O) groups excluding carboxylic acids is 1. The highest BCUT2D eigenvalue weighted by molar-refractivity contribution is 7.93. The first-order valence-electron chi connectivity index (χ1n) is 5.05. The summed E-state index contributed by atoms with van der Waals surface area (Å²) in [5, 5.41) is 0. The molecule has 0 bridgehead atoms. The Morgan fingerprint density at radius 2 is 2.17 bits per heavy atom. The van der Waals surface area contributed by atoms with E-state index in [4.69, 9.17) is 5.73 Å².